The quantitative estimate of drug-likeness (QED) is 0.701. The fourth-order valence-corrected chi connectivity index (χ4v) is 1.52. The van der Waals surface area contributed by atoms with Crippen molar-refractivity contribution < 1.29 is 9.47 Å². The molecule has 0 aliphatic carbocycles. The van der Waals surface area contributed by atoms with Crippen molar-refractivity contribution in [2.75, 3.05) is 14.2 Å². The van der Waals surface area contributed by atoms with Gasteiger partial charge >= 0.3 is 0 Å². The first-order valence-corrected chi connectivity index (χ1v) is 4.68. The van der Waals surface area contributed by atoms with Gasteiger partial charge in [0, 0.05) is 30.9 Å². The third-order valence-corrected chi connectivity index (χ3v) is 2.19. The van der Waals surface area contributed by atoms with Crippen LogP contribution in [0.4, 0.5) is 0 Å². The summed E-state index contributed by atoms with van der Waals surface area (Å²) in [5.74, 6) is 3.39. The molecule has 1 rings (SSSR count). The molecule has 0 spiro atoms. The molecular formula is C12H15NO2. The molecule has 0 unspecified atom stereocenters. The predicted molar refractivity (Wildman–Crippen MR) is 58.8 cm³/mol. The topological polar surface area (TPSA) is 31.4 Å². The molecule has 0 saturated carbocycles. The van der Waals surface area contributed by atoms with Gasteiger partial charge in [-0.05, 0) is 6.92 Å². The fraction of sp³-hybridized carbons (Fsp3) is 0.417. The maximum Gasteiger partial charge on any atom is 0.144 e. The van der Waals surface area contributed by atoms with Crippen molar-refractivity contribution in [3.8, 4) is 18.1 Å². The zero-order valence-electron chi connectivity index (χ0n) is 9.33. The van der Waals surface area contributed by atoms with Crippen molar-refractivity contribution in [1.29, 1.82) is 0 Å². The largest absolute Gasteiger partial charge is 0.495 e. The second-order valence-corrected chi connectivity index (χ2v) is 3.19. The van der Waals surface area contributed by atoms with Gasteiger partial charge in [0.1, 0.15) is 5.75 Å². The molecule has 0 aliphatic heterocycles. The van der Waals surface area contributed by atoms with E-state index in [9.17, 15) is 0 Å². The van der Waals surface area contributed by atoms with Crippen molar-refractivity contribution in [3.63, 3.8) is 0 Å². The maximum atomic E-state index is 5.33. The predicted octanol–water partition coefficient (Wildman–Crippen LogP) is 1.72. The van der Waals surface area contributed by atoms with Crippen molar-refractivity contribution in [3.05, 3.63) is 23.0 Å². The number of rotatable bonds is 4. The summed E-state index contributed by atoms with van der Waals surface area (Å²) < 4.78 is 10.4. The van der Waals surface area contributed by atoms with E-state index in [0.29, 0.717) is 13.0 Å². The molecule has 0 bridgehead atoms. The van der Waals surface area contributed by atoms with Gasteiger partial charge in [-0.2, -0.15) is 0 Å². The van der Waals surface area contributed by atoms with Crippen LogP contribution in [0.2, 0.25) is 0 Å². The third kappa shape index (κ3) is 2.48. The first-order valence-electron chi connectivity index (χ1n) is 4.68. The highest BCUT2D eigenvalue weighted by atomic mass is 16.5. The van der Waals surface area contributed by atoms with Crippen molar-refractivity contribution in [2.24, 2.45) is 0 Å². The van der Waals surface area contributed by atoms with Crippen LogP contribution in [0.25, 0.3) is 0 Å². The molecule has 0 amide bonds. The van der Waals surface area contributed by atoms with Crippen LogP contribution in [0.1, 0.15) is 16.8 Å². The Kier molecular flexibility index (Phi) is 4.14. The van der Waals surface area contributed by atoms with Gasteiger partial charge in [0.25, 0.3) is 0 Å². The molecule has 80 valence electrons. The Balaban J connectivity index is 3.23. The minimum absolute atomic E-state index is 0.501. The monoisotopic (exact) mass is 205 g/mol. The number of nitrogens with zero attached hydrogens (tertiary/aromatic N) is 1. The van der Waals surface area contributed by atoms with Crippen molar-refractivity contribution in [1.82, 2.24) is 4.98 Å². The Hall–Kier alpha value is -1.53. The molecule has 3 heteroatoms. The first kappa shape index (κ1) is 11.5. The molecule has 0 atom stereocenters. The van der Waals surface area contributed by atoms with Gasteiger partial charge in [0.2, 0.25) is 0 Å². The standard InChI is InChI=1S/C12H15NO2/c1-5-6-11-10(8-14-3)7-13-9(2)12(11)15-4/h1,7H,6,8H2,2-4H3. The van der Waals surface area contributed by atoms with Gasteiger partial charge in [-0.25, -0.2) is 0 Å². The highest BCUT2D eigenvalue weighted by Crippen LogP contribution is 2.25. The highest BCUT2D eigenvalue weighted by Gasteiger charge is 2.11. The maximum absolute atomic E-state index is 5.33. The van der Waals surface area contributed by atoms with E-state index in [2.05, 4.69) is 10.9 Å². The number of pyridine rings is 1. The summed E-state index contributed by atoms with van der Waals surface area (Å²) in [6.45, 7) is 2.40. The van der Waals surface area contributed by atoms with Crippen molar-refractivity contribution in [2.45, 2.75) is 20.0 Å². The lowest BCUT2D eigenvalue weighted by Crippen LogP contribution is -2.03. The third-order valence-electron chi connectivity index (χ3n) is 2.19. The van der Waals surface area contributed by atoms with E-state index in [1.54, 1.807) is 20.4 Å². The van der Waals surface area contributed by atoms with Crippen LogP contribution in [0.3, 0.4) is 0 Å². The highest BCUT2D eigenvalue weighted by molar-refractivity contribution is 5.43. The number of methoxy groups -OCH3 is 2. The van der Waals surface area contributed by atoms with E-state index in [1.165, 1.54) is 0 Å². The first-order chi connectivity index (χ1) is 7.24. The van der Waals surface area contributed by atoms with Gasteiger partial charge in [-0.1, -0.05) is 0 Å². The lowest BCUT2D eigenvalue weighted by molar-refractivity contribution is 0.183. The summed E-state index contributed by atoms with van der Waals surface area (Å²) in [7, 11) is 3.27. The molecule has 0 N–H and O–H groups in total. The lowest BCUT2D eigenvalue weighted by atomic mass is 10.1. The van der Waals surface area contributed by atoms with Crippen LogP contribution < -0.4 is 4.74 Å². The molecule has 1 aromatic rings. The van der Waals surface area contributed by atoms with E-state index >= 15 is 0 Å². The molecule has 0 aromatic carbocycles. The Morgan fingerprint density at radius 1 is 1.47 bits per heavy atom. The number of ether oxygens (including phenoxy) is 2. The van der Waals surface area contributed by atoms with Gasteiger partial charge in [0.15, 0.2) is 0 Å². The molecule has 1 heterocycles. The van der Waals surface area contributed by atoms with E-state index < -0.39 is 0 Å². The van der Waals surface area contributed by atoms with Crippen LogP contribution in [0, 0.1) is 19.3 Å². The molecule has 0 radical (unpaired) electrons. The lowest BCUT2D eigenvalue weighted by Gasteiger charge is -2.13. The zero-order chi connectivity index (χ0) is 11.3. The molecular weight excluding hydrogens is 190 g/mol. The van der Waals surface area contributed by atoms with Crippen LogP contribution >= 0.6 is 0 Å². The Morgan fingerprint density at radius 3 is 2.73 bits per heavy atom. The Labute approximate surface area is 90.4 Å². The number of aromatic nitrogens is 1. The van der Waals surface area contributed by atoms with Crippen LogP contribution in [0.15, 0.2) is 6.20 Å². The number of terminal acetylenes is 1. The molecule has 1 aromatic heterocycles. The second kappa shape index (κ2) is 5.38. The summed E-state index contributed by atoms with van der Waals surface area (Å²) in [5, 5.41) is 0. The number of aryl methyl sites for hydroxylation is 1. The summed E-state index contributed by atoms with van der Waals surface area (Å²) in [6, 6.07) is 0. The Morgan fingerprint density at radius 2 is 2.20 bits per heavy atom. The fourth-order valence-electron chi connectivity index (χ4n) is 1.52. The average molecular weight is 205 g/mol. The van der Waals surface area contributed by atoms with E-state index in [-0.39, 0.29) is 0 Å². The molecule has 0 saturated heterocycles. The summed E-state index contributed by atoms with van der Waals surface area (Å²) in [4.78, 5) is 4.24. The van der Waals surface area contributed by atoms with Crippen LogP contribution in [-0.2, 0) is 17.8 Å². The SMILES string of the molecule is C#CCc1c(COC)cnc(C)c1OC. The van der Waals surface area contributed by atoms with Gasteiger partial charge in [-0.3, -0.25) is 4.98 Å². The van der Waals surface area contributed by atoms with Gasteiger partial charge in [-0.15, -0.1) is 12.3 Å². The molecule has 0 aliphatic rings. The zero-order valence-corrected chi connectivity index (χ0v) is 9.33. The minimum atomic E-state index is 0.501. The number of hydrogen-bond donors (Lipinski definition) is 0. The minimum Gasteiger partial charge on any atom is -0.495 e. The number of hydrogen-bond acceptors (Lipinski definition) is 3. The molecule has 3 nitrogen and oxygen atoms in total. The summed E-state index contributed by atoms with van der Waals surface area (Å²) in [5.41, 5.74) is 2.83. The van der Waals surface area contributed by atoms with E-state index in [0.717, 1.165) is 22.6 Å². The van der Waals surface area contributed by atoms with Gasteiger partial charge in [0.05, 0.1) is 19.4 Å². The van der Waals surface area contributed by atoms with E-state index in [1.807, 2.05) is 6.92 Å². The van der Waals surface area contributed by atoms with E-state index in [4.69, 9.17) is 15.9 Å². The average Bonchev–Trinajstić information content (AvgIpc) is 2.23. The second-order valence-electron chi connectivity index (χ2n) is 3.19. The summed E-state index contributed by atoms with van der Waals surface area (Å²) >= 11 is 0. The van der Waals surface area contributed by atoms with Crippen LogP contribution in [0.5, 0.6) is 5.75 Å². The Bertz CT molecular complexity index is 380. The van der Waals surface area contributed by atoms with Gasteiger partial charge < -0.3 is 9.47 Å². The normalized spacial score (nSPS) is 9.73. The van der Waals surface area contributed by atoms with Crippen molar-refractivity contribution >= 4 is 0 Å². The smallest absolute Gasteiger partial charge is 0.144 e. The molecule has 15 heavy (non-hydrogen) atoms. The molecule has 0 fully saturated rings. The van der Waals surface area contributed by atoms with Crippen LogP contribution in [-0.4, -0.2) is 19.2 Å². The summed E-state index contributed by atoms with van der Waals surface area (Å²) in [6.07, 6.45) is 7.65.